The van der Waals surface area contributed by atoms with Gasteiger partial charge in [0.15, 0.2) is 5.78 Å². The minimum Gasteiger partial charge on any atom is -0.298 e. The Kier molecular flexibility index (Phi) is 5.12. The molecule has 0 heterocycles. The Morgan fingerprint density at radius 3 is 2.56 bits per heavy atom. The minimum absolute atomic E-state index is 0.145. The topological polar surface area (TPSA) is 40.9 Å². The molecule has 0 bridgehead atoms. The molecule has 0 aliphatic heterocycles. The molecule has 1 unspecified atom stereocenters. The van der Waals surface area contributed by atoms with Gasteiger partial charge in [0, 0.05) is 9.89 Å². The molecule has 4 heteroatoms. The third-order valence-electron chi connectivity index (χ3n) is 2.61. The lowest BCUT2D eigenvalue weighted by molar-refractivity contribution is -0.125. The van der Waals surface area contributed by atoms with E-state index in [1.54, 1.807) is 6.07 Å². The van der Waals surface area contributed by atoms with Crippen LogP contribution >= 0.6 is 31.9 Å². The lowest BCUT2D eigenvalue weighted by Crippen LogP contribution is -2.30. The highest BCUT2D eigenvalue weighted by Gasteiger charge is 2.28. The molecule has 2 nitrogen and oxygen atoms in total. The Morgan fingerprint density at radius 2 is 2.06 bits per heavy atom. The van der Waals surface area contributed by atoms with Gasteiger partial charge in [-0.15, -0.1) is 0 Å². The number of nitrogens with zero attached hydrogens (tertiary/aromatic N) is 1. The van der Waals surface area contributed by atoms with E-state index in [0.717, 1.165) is 10.0 Å². The molecule has 0 aliphatic carbocycles. The number of alkyl halides is 1. The molecule has 1 atom stereocenters. The van der Waals surface area contributed by atoms with Crippen molar-refractivity contribution < 1.29 is 4.79 Å². The Balaban J connectivity index is 2.95. The molecule has 1 rings (SSSR count). The monoisotopic (exact) mass is 371 g/mol. The molecular formula is C14H15Br2NO. The number of hydrogen-bond acceptors (Lipinski definition) is 2. The Morgan fingerprint density at radius 1 is 1.44 bits per heavy atom. The molecule has 0 spiro atoms. The van der Waals surface area contributed by atoms with Crippen molar-refractivity contribution in [2.75, 3.05) is 0 Å². The Hall–Kier alpha value is -0.660. The first-order valence-corrected chi connectivity index (χ1v) is 7.33. The van der Waals surface area contributed by atoms with Crippen LogP contribution in [-0.2, 0) is 11.2 Å². The summed E-state index contributed by atoms with van der Waals surface area (Å²) in [5.74, 6) is 0.145. The molecule has 0 N–H and O–H groups in total. The molecule has 0 amide bonds. The van der Waals surface area contributed by atoms with E-state index < -0.39 is 0 Å². The number of carbonyl (C=O) groups is 1. The zero-order chi connectivity index (χ0) is 13.9. The number of ketones is 1. The first-order valence-electron chi connectivity index (χ1n) is 5.62. The van der Waals surface area contributed by atoms with E-state index in [1.807, 2.05) is 32.9 Å². The van der Waals surface area contributed by atoms with Crippen molar-refractivity contribution in [2.24, 2.45) is 5.41 Å². The van der Waals surface area contributed by atoms with Gasteiger partial charge in [-0.3, -0.25) is 4.79 Å². The van der Waals surface area contributed by atoms with Crippen LogP contribution in [0.2, 0.25) is 0 Å². The second-order valence-corrected chi connectivity index (χ2v) is 7.22. The van der Waals surface area contributed by atoms with Gasteiger partial charge in [-0.25, -0.2) is 0 Å². The first kappa shape index (κ1) is 15.4. The second-order valence-electron chi connectivity index (χ2n) is 5.20. The first-order chi connectivity index (χ1) is 8.25. The third-order valence-corrected chi connectivity index (χ3v) is 3.84. The van der Waals surface area contributed by atoms with Crippen molar-refractivity contribution in [1.29, 1.82) is 5.26 Å². The summed E-state index contributed by atoms with van der Waals surface area (Å²) < 4.78 is 0.916. The summed E-state index contributed by atoms with van der Waals surface area (Å²) in [6.07, 6.45) is 0.526. The number of Topliss-reactive ketones (excluding diaryl/α,β-unsaturated/α-hetero) is 1. The molecule has 0 aromatic heterocycles. The summed E-state index contributed by atoms with van der Waals surface area (Å²) in [4.78, 5) is 11.8. The number of nitriles is 1. The van der Waals surface area contributed by atoms with E-state index >= 15 is 0 Å². The van der Waals surface area contributed by atoms with Crippen LogP contribution in [0.4, 0.5) is 0 Å². The number of halogens is 2. The van der Waals surface area contributed by atoms with Crippen molar-refractivity contribution in [3.63, 3.8) is 0 Å². The van der Waals surface area contributed by atoms with Gasteiger partial charge in [0.2, 0.25) is 0 Å². The van der Waals surface area contributed by atoms with Crippen LogP contribution in [0, 0.1) is 16.7 Å². The van der Waals surface area contributed by atoms with Crippen molar-refractivity contribution in [3.8, 4) is 6.07 Å². The van der Waals surface area contributed by atoms with Crippen molar-refractivity contribution >= 4 is 37.6 Å². The van der Waals surface area contributed by atoms with E-state index in [2.05, 4.69) is 37.9 Å². The SMILES string of the molecule is CC(C)(C)C(=O)C(Br)Cc1cc(Br)ccc1C#N. The van der Waals surface area contributed by atoms with Crippen molar-refractivity contribution in [2.45, 2.75) is 32.0 Å². The zero-order valence-corrected chi connectivity index (χ0v) is 13.8. The van der Waals surface area contributed by atoms with Gasteiger partial charge in [-0.1, -0.05) is 52.6 Å². The third kappa shape index (κ3) is 3.93. The summed E-state index contributed by atoms with van der Waals surface area (Å²) in [6, 6.07) is 7.64. The predicted octanol–water partition coefficient (Wildman–Crippen LogP) is 4.24. The lowest BCUT2D eigenvalue weighted by Gasteiger charge is -2.21. The van der Waals surface area contributed by atoms with E-state index in [1.165, 1.54) is 0 Å². The molecule has 1 aromatic rings. The summed E-state index contributed by atoms with van der Waals surface area (Å²) in [5, 5.41) is 9.06. The van der Waals surface area contributed by atoms with Crippen LogP contribution in [0.3, 0.4) is 0 Å². The van der Waals surface area contributed by atoms with Gasteiger partial charge in [-0.2, -0.15) is 5.26 Å². The molecular weight excluding hydrogens is 358 g/mol. The summed E-state index contributed by atoms with van der Waals surface area (Å²) >= 11 is 6.81. The molecule has 0 saturated heterocycles. The Bertz CT molecular complexity index is 497. The van der Waals surface area contributed by atoms with Crippen LogP contribution < -0.4 is 0 Å². The molecule has 96 valence electrons. The molecule has 0 saturated carbocycles. The maximum atomic E-state index is 12.1. The maximum absolute atomic E-state index is 12.1. The highest BCUT2D eigenvalue weighted by atomic mass is 79.9. The predicted molar refractivity (Wildman–Crippen MR) is 79.7 cm³/mol. The molecule has 1 aromatic carbocycles. The fourth-order valence-electron chi connectivity index (χ4n) is 1.60. The van der Waals surface area contributed by atoms with Gasteiger partial charge >= 0.3 is 0 Å². The molecule has 0 fully saturated rings. The fourth-order valence-corrected chi connectivity index (χ4v) is 3.04. The highest BCUT2D eigenvalue weighted by Crippen LogP contribution is 2.25. The quantitative estimate of drug-likeness (QED) is 0.744. The van der Waals surface area contributed by atoms with Gasteiger partial charge in [-0.05, 0) is 30.2 Å². The number of rotatable bonds is 3. The Labute approximate surface area is 125 Å². The summed E-state index contributed by atoms with van der Waals surface area (Å²) in [5.41, 5.74) is 1.11. The summed E-state index contributed by atoms with van der Waals surface area (Å²) in [6.45, 7) is 5.70. The van der Waals surface area contributed by atoms with Crippen LogP contribution in [0.5, 0.6) is 0 Å². The normalized spacial score (nSPS) is 12.9. The van der Waals surface area contributed by atoms with Gasteiger partial charge in [0.05, 0.1) is 16.5 Å². The van der Waals surface area contributed by atoms with Crippen LogP contribution in [0.25, 0.3) is 0 Å². The van der Waals surface area contributed by atoms with E-state index in [0.29, 0.717) is 12.0 Å². The van der Waals surface area contributed by atoms with Gasteiger partial charge < -0.3 is 0 Å². The zero-order valence-electron chi connectivity index (χ0n) is 10.6. The van der Waals surface area contributed by atoms with E-state index in [4.69, 9.17) is 5.26 Å². The highest BCUT2D eigenvalue weighted by molar-refractivity contribution is 9.10. The summed E-state index contributed by atoms with van der Waals surface area (Å²) in [7, 11) is 0. The number of benzene rings is 1. The van der Waals surface area contributed by atoms with Crippen molar-refractivity contribution in [1.82, 2.24) is 0 Å². The van der Waals surface area contributed by atoms with E-state index in [9.17, 15) is 4.79 Å². The average Bonchev–Trinajstić information content (AvgIpc) is 2.27. The number of hydrogen-bond donors (Lipinski definition) is 0. The molecule has 0 aliphatic rings. The van der Waals surface area contributed by atoms with Crippen LogP contribution in [0.1, 0.15) is 31.9 Å². The van der Waals surface area contributed by atoms with Crippen LogP contribution in [0.15, 0.2) is 22.7 Å². The smallest absolute Gasteiger partial charge is 0.152 e. The molecule has 18 heavy (non-hydrogen) atoms. The van der Waals surface area contributed by atoms with Gasteiger partial charge in [0.1, 0.15) is 0 Å². The largest absolute Gasteiger partial charge is 0.298 e. The fraction of sp³-hybridized carbons (Fsp3) is 0.429. The standard InChI is InChI=1S/C14H15Br2NO/c1-14(2,3)13(18)12(16)7-10-6-11(15)5-4-9(10)8-17/h4-6,12H,7H2,1-3H3. The lowest BCUT2D eigenvalue weighted by atomic mass is 9.87. The maximum Gasteiger partial charge on any atom is 0.152 e. The van der Waals surface area contributed by atoms with Crippen molar-refractivity contribution in [3.05, 3.63) is 33.8 Å². The second kappa shape index (κ2) is 5.99. The molecule has 0 radical (unpaired) electrons. The van der Waals surface area contributed by atoms with Crippen LogP contribution in [-0.4, -0.2) is 10.6 Å². The minimum atomic E-state index is -0.382. The van der Waals surface area contributed by atoms with Gasteiger partial charge in [0.25, 0.3) is 0 Å². The average molecular weight is 373 g/mol. The van der Waals surface area contributed by atoms with E-state index in [-0.39, 0.29) is 16.0 Å². The number of carbonyl (C=O) groups excluding carboxylic acids is 1.